The molecule has 11 rings (SSSR count). The van der Waals surface area contributed by atoms with E-state index in [0.29, 0.717) is 33.8 Å². The largest absolute Gasteiger partial charge is 0.507 e. The van der Waals surface area contributed by atoms with Crippen molar-refractivity contribution in [3.05, 3.63) is 181 Å². The number of ether oxygens (including phenoxy) is 4. The zero-order chi connectivity index (χ0) is 49.3. The molecule has 72 heavy (non-hydrogen) atoms. The topological polar surface area (TPSA) is 102 Å². The van der Waals surface area contributed by atoms with Gasteiger partial charge in [-0.15, -0.1) is 0 Å². The number of benzene rings is 10. The molecule has 0 radical (unpaired) electrons. The summed E-state index contributed by atoms with van der Waals surface area (Å²) in [6.45, 7) is 0. The van der Waals surface area contributed by atoms with E-state index >= 15 is 0 Å². The van der Waals surface area contributed by atoms with Gasteiger partial charge in [-0.05, 0) is 151 Å². The highest BCUT2D eigenvalue weighted by molar-refractivity contribution is 6.16. The van der Waals surface area contributed by atoms with Crippen molar-refractivity contribution in [3.8, 4) is 79.0 Å². The highest BCUT2D eigenvalue weighted by atomic mass is 16.5. The van der Waals surface area contributed by atoms with Gasteiger partial charge < -0.3 is 29.2 Å². The van der Waals surface area contributed by atoms with Gasteiger partial charge in [0, 0.05) is 45.8 Å². The van der Waals surface area contributed by atoms with E-state index in [1.807, 2.05) is 122 Å². The fourth-order valence-electron chi connectivity index (χ4n) is 10.7. The van der Waals surface area contributed by atoms with Crippen LogP contribution >= 0.6 is 0 Å². The number of phenols is 2. The van der Waals surface area contributed by atoms with Gasteiger partial charge >= 0.3 is 0 Å². The summed E-state index contributed by atoms with van der Waals surface area (Å²) in [5.41, 5.74) is 8.49. The highest BCUT2D eigenvalue weighted by Gasteiger charge is 2.26. The minimum absolute atomic E-state index is 0.138. The molecular weight excluding hydrogens is 893 g/mol. The highest BCUT2D eigenvalue weighted by Crippen LogP contribution is 2.49. The fourth-order valence-corrected chi connectivity index (χ4v) is 10.7. The van der Waals surface area contributed by atoms with Crippen LogP contribution in [0, 0.1) is 0 Å². The molecule has 1 aliphatic rings. The normalized spacial score (nSPS) is 15.0. The zero-order valence-corrected chi connectivity index (χ0v) is 40.7. The Morgan fingerprint density at radius 2 is 0.736 bits per heavy atom. The van der Waals surface area contributed by atoms with Gasteiger partial charge in [0.1, 0.15) is 34.5 Å². The predicted octanol–water partition coefficient (Wildman–Crippen LogP) is 15.3. The molecule has 0 aromatic heterocycles. The van der Waals surface area contributed by atoms with Crippen LogP contribution in [-0.4, -0.2) is 63.2 Å². The third-order valence-corrected chi connectivity index (χ3v) is 14.3. The number of aliphatic imine (C=N–C) groups is 2. The summed E-state index contributed by atoms with van der Waals surface area (Å²) >= 11 is 0. The third-order valence-electron chi connectivity index (χ3n) is 14.3. The number of phenolic OH excluding ortho intramolecular Hbond substituents is 2. The number of hydrogen-bond donors (Lipinski definition) is 2. The second-order valence-electron chi connectivity index (χ2n) is 18.4. The molecule has 0 bridgehead atoms. The number of rotatable bonds is 12. The van der Waals surface area contributed by atoms with Gasteiger partial charge in [-0.3, -0.25) is 9.98 Å². The summed E-state index contributed by atoms with van der Waals surface area (Å²) in [6, 6.07) is 56.8. The lowest BCUT2D eigenvalue weighted by molar-refractivity contribution is 0.390. The fraction of sp³-hybridized carbons (Fsp3) is 0.156. The van der Waals surface area contributed by atoms with E-state index in [2.05, 4.69) is 60.7 Å². The maximum Gasteiger partial charge on any atom is 0.132 e. The van der Waals surface area contributed by atoms with Crippen LogP contribution in [0.4, 0.5) is 0 Å². The Balaban J connectivity index is 1.03. The molecule has 8 heteroatoms. The molecule has 10 aromatic carbocycles. The molecule has 0 unspecified atom stereocenters. The lowest BCUT2D eigenvalue weighted by atomic mass is 9.85. The van der Waals surface area contributed by atoms with Crippen molar-refractivity contribution in [2.75, 3.05) is 28.4 Å². The number of fused-ring (bicyclic) bond motifs is 4. The van der Waals surface area contributed by atoms with Crippen LogP contribution in [0.25, 0.3) is 87.6 Å². The van der Waals surface area contributed by atoms with Crippen molar-refractivity contribution >= 4 is 55.5 Å². The van der Waals surface area contributed by atoms with Gasteiger partial charge in [-0.2, -0.15) is 0 Å². The average molecular weight is 947 g/mol. The van der Waals surface area contributed by atoms with E-state index in [0.717, 1.165) is 114 Å². The molecule has 1 fully saturated rings. The van der Waals surface area contributed by atoms with Gasteiger partial charge in [-0.1, -0.05) is 110 Å². The molecule has 2 N–H and O–H groups in total. The van der Waals surface area contributed by atoms with Crippen molar-refractivity contribution in [2.45, 2.75) is 37.8 Å². The monoisotopic (exact) mass is 946 g/mol. The minimum Gasteiger partial charge on any atom is -0.507 e. The number of aromatic hydroxyl groups is 2. The Bertz CT molecular complexity index is 3490. The van der Waals surface area contributed by atoms with Crippen molar-refractivity contribution in [2.24, 2.45) is 9.98 Å². The Hall–Kier alpha value is -8.62. The number of methoxy groups -OCH3 is 4. The molecule has 0 spiro atoms. The molecule has 2 atom stereocenters. The van der Waals surface area contributed by atoms with Gasteiger partial charge in [0.25, 0.3) is 0 Å². The lowest BCUT2D eigenvalue weighted by Gasteiger charge is -2.26. The summed E-state index contributed by atoms with van der Waals surface area (Å²) in [5.74, 6) is 3.21. The Morgan fingerprint density at radius 3 is 1.10 bits per heavy atom. The molecule has 1 saturated carbocycles. The van der Waals surface area contributed by atoms with Gasteiger partial charge in [0.05, 0.1) is 40.5 Å². The van der Waals surface area contributed by atoms with E-state index in [4.69, 9.17) is 28.9 Å². The van der Waals surface area contributed by atoms with Crippen LogP contribution < -0.4 is 18.9 Å². The van der Waals surface area contributed by atoms with Gasteiger partial charge in [0.15, 0.2) is 0 Å². The quantitative estimate of drug-likeness (QED) is 0.118. The molecule has 0 amide bonds. The van der Waals surface area contributed by atoms with Crippen LogP contribution in [-0.2, 0) is 0 Å². The minimum atomic E-state index is -0.177. The van der Waals surface area contributed by atoms with E-state index < -0.39 is 0 Å². The molecule has 0 saturated heterocycles. The van der Waals surface area contributed by atoms with Crippen LogP contribution in [0.5, 0.6) is 34.5 Å². The first kappa shape index (κ1) is 45.8. The lowest BCUT2D eigenvalue weighted by Crippen LogP contribution is -2.27. The van der Waals surface area contributed by atoms with E-state index in [-0.39, 0.29) is 23.6 Å². The summed E-state index contributed by atoms with van der Waals surface area (Å²) in [4.78, 5) is 10.6. The van der Waals surface area contributed by atoms with Crippen LogP contribution in [0.15, 0.2) is 180 Å². The van der Waals surface area contributed by atoms with Crippen molar-refractivity contribution in [3.63, 3.8) is 0 Å². The Morgan fingerprint density at radius 1 is 0.389 bits per heavy atom. The first-order chi connectivity index (χ1) is 35.3. The number of hydrogen-bond acceptors (Lipinski definition) is 8. The van der Waals surface area contributed by atoms with Crippen molar-refractivity contribution in [1.82, 2.24) is 0 Å². The Labute approximate surface area is 419 Å². The van der Waals surface area contributed by atoms with E-state index in [9.17, 15) is 10.2 Å². The summed E-state index contributed by atoms with van der Waals surface area (Å²) in [6.07, 6.45) is 7.29. The molecule has 356 valence electrons. The van der Waals surface area contributed by atoms with E-state index in [1.165, 1.54) is 0 Å². The predicted molar refractivity (Wildman–Crippen MR) is 295 cm³/mol. The zero-order valence-electron chi connectivity index (χ0n) is 40.7. The second kappa shape index (κ2) is 19.6. The molecule has 0 aliphatic heterocycles. The van der Waals surface area contributed by atoms with Crippen LogP contribution in [0.3, 0.4) is 0 Å². The summed E-state index contributed by atoms with van der Waals surface area (Å²) in [7, 11) is 6.68. The summed E-state index contributed by atoms with van der Waals surface area (Å²) < 4.78 is 22.8. The maximum absolute atomic E-state index is 12.7. The van der Waals surface area contributed by atoms with Gasteiger partial charge in [0.2, 0.25) is 0 Å². The smallest absolute Gasteiger partial charge is 0.132 e. The first-order valence-corrected chi connectivity index (χ1v) is 24.4. The standard InChI is InChI=1S/C64H54N2O6/c1-69-47-21-27-53-41(33-47)19-25-51(39-13-7-5-8-14-39)59(53)61-55-29-23-49(71-3)35-43(55)31-45(63(61)67)37-65-57-17-11-12-18-58(57)66-38-46-32-44-36-50(72-4)24-30-56(44)62(64(46)68)60-52(40-15-9-6-10-16-40)26-20-42-34-48(70-2)22-28-54(42)60/h5-10,13-16,19-38,57-58,67-68H,11-12,17-18H2,1-4H3/t57-,58-/m1/s1. The number of nitrogens with zero attached hydrogens (tertiary/aromatic N) is 2. The van der Waals surface area contributed by atoms with E-state index in [1.54, 1.807) is 28.4 Å². The maximum atomic E-state index is 12.7. The molecule has 8 nitrogen and oxygen atoms in total. The van der Waals surface area contributed by atoms with Crippen molar-refractivity contribution < 1.29 is 29.2 Å². The van der Waals surface area contributed by atoms with Crippen LogP contribution in [0.2, 0.25) is 0 Å². The van der Waals surface area contributed by atoms with Crippen molar-refractivity contribution in [1.29, 1.82) is 0 Å². The molecule has 1 aliphatic carbocycles. The summed E-state index contributed by atoms with van der Waals surface area (Å²) in [5, 5.41) is 32.9. The third kappa shape index (κ3) is 8.49. The second-order valence-corrected chi connectivity index (χ2v) is 18.4. The average Bonchev–Trinajstić information content (AvgIpc) is 3.43. The Kier molecular flexibility index (Phi) is 12.5. The van der Waals surface area contributed by atoms with Crippen LogP contribution in [0.1, 0.15) is 36.8 Å². The molecular formula is C64H54N2O6. The molecule has 10 aromatic rings. The molecule has 0 heterocycles. The SMILES string of the molecule is COc1ccc2c(-c3c(O)c(C=N[C@@H]4CCCC[C@H]4N=Cc4cc5cc(OC)ccc5c(-c5c(-c6ccccc6)ccc6cc(OC)ccc56)c4O)cc4cc(OC)ccc34)c(-c3ccccc3)ccc2c1. The first-order valence-electron chi connectivity index (χ1n) is 24.4. The van der Waals surface area contributed by atoms with Gasteiger partial charge in [-0.25, -0.2) is 0 Å².